The van der Waals surface area contributed by atoms with Gasteiger partial charge in [-0.15, -0.1) is 16.4 Å². The lowest BCUT2D eigenvalue weighted by Gasteiger charge is -2.06. The van der Waals surface area contributed by atoms with Crippen LogP contribution in [0.2, 0.25) is 0 Å². The van der Waals surface area contributed by atoms with Crippen molar-refractivity contribution in [1.82, 2.24) is 29.5 Å². The fourth-order valence-corrected chi connectivity index (χ4v) is 4.85. The van der Waals surface area contributed by atoms with Gasteiger partial charge in [0.15, 0.2) is 5.82 Å². The number of fused-ring (bicyclic) bond motifs is 4. The van der Waals surface area contributed by atoms with Crippen LogP contribution in [0, 0.1) is 0 Å². The highest BCUT2D eigenvalue weighted by Crippen LogP contribution is 2.34. The van der Waals surface area contributed by atoms with Crippen molar-refractivity contribution in [1.29, 1.82) is 0 Å². The van der Waals surface area contributed by atoms with E-state index >= 15 is 0 Å². The first-order valence-corrected chi connectivity index (χ1v) is 10.4. The number of aromatic amines is 1. The first-order valence-electron chi connectivity index (χ1n) is 8.67. The number of hydrogen-bond acceptors (Lipinski definition) is 6. The topological polar surface area (TPSA) is 71.8 Å². The number of H-pyrrole nitrogens is 1. The quantitative estimate of drug-likeness (QED) is 0.422. The van der Waals surface area contributed by atoms with E-state index in [1.54, 1.807) is 11.3 Å². The molecule has 0 saturated carbocycles. The predicted molar refractivity (Wildman–Crippen MR) is 112 cm³/mol. The second kappa shape index (κ2) is 6.15. The summed E-state index contributed by atoms with van der Waals surface area (Å²) in [6.07, 6.45) is 0. The van der Waals surface area contributed by atoms with Gasteiger partial charge in [0, 0.05) is 5.39 Å². The van der Waals surface area contributed by atoms with Crippen LogP contribution in [0.15, 0.2) is 76.2 Å². The maximum Gasteiger partial charge on any atom is 0.231 e. The van der Waals surface area contributed by atoms with Crippen molar-refractivity contribution in [3.63, 3.8) is 0 Å². The zero-order valence-corrected chi connectivity index (χ0v) is 16.0. The van der Waals surface area contributed by atoms with Gasteiger partial charge < -0.3 is 0 Å². The third-order valence-corrected chi connectivity index (χ3v) is 6.33. The van der Waals surface area contributed by atoms with Gasteiger partial charge >= 0.3 is 0 Å². The number of para-hydroxylation sites is 3. The standard InChI is InChI=1S/C20H12N6S2/c1-2-7-13-12(6-1)18(23-17(21-13)16-10-5-11-27-16)28-20-25-24-19-22-14-8-3-4-9-15(14)26(19)20/h1-11H,(H,22,24). The maximum atomic E-state index is 4.86. The highest BCUT2D eigenvalue weighted by molar-refractivity contribution is 7.99. The van der Waals surface area contributed by atoms with Crippen LogP contribution in [0.5, 0.6) is 0 Å². The number of rotatable bonds is 3. The van der Waals surface area contributed by atoms with Gasteiger partial charge in [0.25, 0.3) is 0 Å². The van der Waals surface area contributed by atoms with Crippen LogP contribution < -0.4 is 0 Å². The number of imidazole rings is 1. The Morgan fingerprint density at radius 3 is 2.61 bits per heavy atom. The van der Waals surface area contributed by atoms with Crippen molar-refractivity contribution in [3.05, 3.63) is 66.0 Å². The van der Waals surface area contributed by atoms with Gasteiger partial charge in [-0.25, -0.2) is 20.1 Å². The summed E-state index contributed by atoms with van der Waals surface area (Å²) in [6.45, 7) is 0. The van der Waals surface area contributed by atoms with Gasteiger partial charge in [-0.3, -0.25) is 4.40 Å². The minimum atomic E-state index is 0.723. The zero-order chi connectivity index (χ0) is 18.5. The van der Waals surface area contributed by atoms with E-state index in [0.29, 0.717) is 0 Å². The van der Waals surface area contributed by atoms with E-state index < -0.39 is 0 Å². The molecule has 6 aromatic rings. The smallest absolute Gasteiger partial charge is 0.231 e. The van der Waals surface area contributed by atoms with Crippen LogP contribution >= 0.6 is 23.1 Å². The van der Waals surface area contributed by atoms with Gasteiger partial charge in [0.1, 0.15) is 5.03 Å². The number of aromatic nitrogens is 6. The third-order valence-electron chi connectivity index (χ3n) is 4.50. The molecule has 1 N–H and O–H groups in total. The summed E-state index contributed by atoms with van der Waals surface area (Å²) >= 11 is 3.15. The van der Waals surface area contributed by atoms with Gasteiger partial charge in [0.05, 0.1) is 21.4 Å². The van der Waals surface area contributed by atoms with E-state index in [2.05, 4.69) is 15.2 Å². The average molecular weight is 400 g/mol. The first kappa shape index (κ1) is 15.8. The van der Waals surface area contributed by atoms with Crippen molar-refractivity contribution < 1.29 is 0 Å². The Morgan fingerprint density at radius 1 is 0.857 bits per heavy atom. The number of benzene rings is 2. The summed E-state index contributed by atoms with van der Waals surface area (Å²) in [5.41, 5.74) is 2.88. The molecule has 28 heavy (non-hydrogen) atoms. The molecule has 0 radical (unpaired) electrons. The molecule has 0 bridgehead atoms. The Labute approximate surface area is 167 Å². The van der Waals surface area contributed by atoms with Crippen molar-refractivity contribution >= 4 is 50.8 Å². The van der Waals surface area contributed by atoms with Crippen LogP contribution in [0.25, 0.3) is 38.4 Å². The SMILES string of the molecule is c1csc(-c2nc(Sc3n[nH]c4nc5ccccc5n34)c3ccccc3n2)c1. The maximum absolute atomic E-state index is 4.86. The number of nitrogens with one attached hydrogen (secondary N) is 1. The summed E-state index contributed by atoms with van der Waals surface area (Å²) in [6, 6.07) is 20.2. The molecule has 4 heterocycles. The molecule has 0 spiro atoms. The van der Waals surface area contributed by atoms with Gasteiger partial charge in [0.2, 0.25) is 10.9 Å². The van der Waals surface area contributed by atoms with Crippen LogP contribution in [0.4, 0.5) is 0 Å². The van der Waals surface area contributed by atoms with Crippen molar-refractivity contribution in [2.24, 2.45) is 0 Å². The van der Waals surface area contributed by atoms with Crippen LogP contribution in [0.3, 0.4) is 0 Å². The highest BCUT2D eigenvalue weighted by atomic mass is 32.2. The van der Waals surface area contributed by atoms with Crippen molar-refractivity contribution in [3.8, 4) is 10.7 Å². The molecule has 8 heteroatoms. The van der Waals surface area contributed by atoms with Crippen molar-refractivity contribution in [2.45, 2.75) is 10.2 Å². The lowest BCUT2D eigenvalue weighted by molar-refractivity contribution is 0.936. The Bertz CT molecular complexity index is 1450. The van der Waals surface area contributed by atoms with E-state index in [1.807, 2.05) is 70.4 Å². The molecule has 134 valence electrons. The second-order valence-electron chi connectivity index (χ2n) is 6.21. The third kappa shape index (κ3) is 2.42. The lowest BCUT2D eigenvalue weighted by atomic mass is 10.2. The Morgan fingerprint density at radius 2 is 1.71 bits per heavy atom. The molecule has 0 fully saturated rings. The molecule has 0 aliphatic carbocycles. The summed E-state index contributed by atoms with van der Waals surface area (Å²) in [5.74, 6) is 1.46. The van der Waals surface area contributed by atoms with Crippen LogP contribution in [0.1, 0.15) is 0 Å². The molecule has 6 nitrogen and oxygen atoms in total. The fourth-order valence-electron chi connectivity index (χ4n) is 3.24. The highest BCUT2D eigenvalue weighted by Gasteiger charge is 2.16. The van der Waals surface area contributed by atoms with Gasteiger partial charge in [-0.1, -0.05) is 36.4 Å². The molecule has 6 rings (SSSR count). The van der Waals surface area contributed by atoms with Crippen molar-refractivity contribution in [2.75, 3.05) is 0 Å². The molecule has 0 aliphatic heterocycles. The van der Waals surface area contributed by atoms with Crippen LogP contribution in [-0.2, 0) is 0 Å². The first-order chi connectivity index (χ1) is 13.9. The second-order valence-corrected chi connectivity index (χ2v) is 8.12. The molecule has 4 aromatic heterocycles. The van der Waals surface area contributed by atoms with Gasteiger partial charge in [-0.05, 0) is 41.4 Å². The molecule has 0 unspecified atom stereocenters. The number of nitrogens with zero attached hydrogens (tertiary/aromatic N) is 5. The molecule has 0 aliphatic rings. The fraction of sp³-hybridized carbons (Fsp3) is 0. The minimum absolute atomic E-state index is 0.723. The Kier molecular flexibility index (Phi) is 3.47. The predicted octanol–water partition coefficient (Wildman–Crippen LogP) is 5.03. The molecule has 2 aromatic carbocycles. The lowest BCUT2D eigenvalue weighted by Crippen LogP contribution is -1.94. The minimum Gasteiger partial charge on any atom is -0.254 e. The molecule has 0 amide bonds. The summed E-state index contributed by atoms with van der Waals surface area (Å²) in [4.78, 5) is 15.3. The average Bonchev–Trinajstić information content (AvgIpc) is 3.46. The largest absolute Gasteiger partial charge is 0.254 e. The molecule has 0 atom stereocenters. The Balaban J connectivity index is 1.56. The molecular weight excluding hydrogens is 388 g/mol. The molecule has 0 saturated heterocycles. The summed E-state index contributed by atoms with van der Waals surface area (Å²) < 4.78 is 2.03. The van der Waals surface area contributed by atoms with E-state index in [4.69, 9.17) is 9.97 Å². The summed E-state index contributed by atoms with van der Waals surface area (Å²) in [7, 11) is 0. The number of thiophene rings is 1. The molecular formula is C20H12N6S2. The van der Waals surface area contributed by atoms with Gasteiger partial charge in [-0.2, -0.15) is 0 Å². The van der Waals surface area contributed by atoms with E-state index in [0.717, 1.165) is 48.6 Å². The summed E-state index contributed by atoms with van der Waals surface area (Å²) in [5, 5.41) is 12.2. The zero-order valence-electron chi connectivity index (χ0n) is 14.4. The van der Waals surface area contributed by atoms with E-state index in [9.17, 15) is 0 Å². The normalized spacial score (nSPS) is 11.7. The monoisotopic (exact) mass is 400 g/mol. The number of hydrogen-bond donors (Lipinski definition) is 1. The Hall–Kier alpha value is -3.23. The van der Waals surface area contributed by atoms with E-state index in [-0.39, 0.29) is 0 Å². The van der Waals surface area contributed by atoms with Crippen LogP contribution in [-0.4, -0.2) is 29.5 Å². The van der Waals surface area contributed by atoms with E-state index in [1.165, 1.54) is 11.8 Å².